The molecule has 0 amide bonds. The number of unbranched alkanes of at least 4 members (excludes halogenated alkanes) is 3. The molecule has 0 spiro atoms. The second kappa shape index (κ2) is 12.2. The Hall–Kier alpha value is -1.24. The van der Waals surface area contributed by atoms with Gasteiger partial charge in [0.25, 0.3) is 0 Å². The topological polar surface area (TPSA) is 115 Å². The average molecular weight is 370 g/mol. The zero-order valence-electron chi connectivity index (χ0n) is 15.7. The third-order valence-electron chi connectivity index (χ3n) is 5.13. The third-order valence-corrected chi connectivity index (χ3v) is 5.13. The minimum absolute atomic E-state index is 0.0181. The van der Waals surface area contributed by atoms with Gasteiger partial charge in [0.2, 0.25) is 0 Å². The quantitative estimate of drug-likeness (QED) is 0.292. The Morgan fingerprint density at radius 1 is 1.08 bits per heavy atom. The van der Waals surface area contributed by atoms with E-state index in [0.29, 0.717) is 25.7 Å². The third kappa shape index (κ3) is 8.43. The number of hydrogen-bond donors (Lipinski definition) is 4. The minimum Gasteiger partial charge on any atom is -0.481 e. The van der Waals surface area contributed by atoms with Crippen LogP contribution < -0.4 is 0 Å². The molecule has 5 atom stereocenters. The molecule has 0 radical (unpaired) electrons. The molecule has 2 unspecified atom stereocenters. The number of carboxylic acids is 1. The van der Waals surface area contributed by atoms with Crippen molar-refractivity contribution in [2.45, 2.75) is 89.4 Å². The molecular formula is C20H34O6. The Balaban J connectivity index is 2.50. The van der Waals surface area contributed by atoms with E-state index >= 15 is 0 Å². The van der Waals surface area contributed by atoms with Gasteiger partial charge in [0.1, 0.15) is 5.78 Å². The molecule has 0 aromatic rings. The van der Waals surface area contributed by atoms with Crippen LogP contribution in [-0.4, -0.2) is 50.5 Å². The molecule has 0 aromatic heterocycles. The molecule has 0 aliphatic heterocycles. The summed E-state index contributed by atoms with van der Waals surface area (Å²) >= 11 is 0. The monoisotopic (exact) mass is 370 g/mol. The maximum Gasteiger partial charge on any atom is 0.303 e. The molecule has 26 heavy (non-hydrogen) atoms. The lowest BCUT2D eigenvalue weighted by molar-refractivity contribution is -0.137. The summed E-state index contributed by atoms with van der Waals surface area (Å²) in [5.41, 5.74) is 0. The number of rotatable bonds is 13. The fourth-order valence-electron chi connectivity index (χ4n) is 3.58. The summed E-state index contributed by atoms with van der Waals surface area (Å²) in [7, 11) is 0. The number of hydrogen-bond acceptors (Lipinski definition) is 5. The first-order valence-corrected chi connectivity index (χ1v) is 9.81. The van der Waals surface area contributed by atoms with Crippen molar-refractivity contribution in [3.8, 4) is 0 Å². The van der Waals surface area contributed by atoms with Gasteiger partial charge in [-0.05, 0) is 19.3 Å². The summed E-state index contributed by atoms with van der Waals surface area (Å²) in [6.07, 6.45) is 6.90. The largest absolute Gasteiger partial charge is 0.481 e. The molecule has 1 aliphatic carbocycles. The predicted octanol–water partition coefficient (Wildman–Crippen LogP) is 2.45. The molecule has 1 rings (SSSR count). The van der Waals surface area contributed by atoms with Crippen LogP contribution >= 0.6 is 0 Å². The SMILES string of the molecule is CCCCC[C@H](O)/C=C/C1[C@@H](CC(=O)CCCCC(=O)O)C(O)C[C@H]1O. The molecule has 150 valence electrons. The number of ketones is 1. The van der Waals surface area contributed by atoms with Gasteiger partial charge in [-0.1, -0.05) is 38.3 Å². The van der Waals surface area contributed by atoms with E-state index in [1.54, 1.807) is 12.2 Å². The molecular weight excluding hydrogens is 336 g/mol. The molecule has 1 aliphatic rings. The number of Topliss-reactive ketones (excluding diaryl/α,β-unsaturated/α-hetero) is 1. The summed E-state index contributed by atoms with van der Waals surface area (Å²) < 4.78 is 0. The van der Waals surface area contributed by atoms with E-state index in [2.05, 4.69) is 6.92 Å². The fraction of sp³-hybridized carbons (Fsp3) is 0.800. The van der Waals surface area contributed by atoms with Crippen molar-refractivity contribution in [2.75, 3.05) is 0 Å². The molecule has 4 N–H and O–H groups in total. The van der Waals surface area contributed by atoms with Crippen LogP contribution in [0.25, 0.3) is 0 Å². The Labute approximate surface area is 155 Å². The smallest absolute Gasteiger partial charge is 0.303 e. The fourth-order valence-corrected chi connectivity index (χ4v) is 3.58. The first kappa shape index (κ1) is 22.8. The molecule has 6 heteroatoms. The van der Waals surface area contributed by atoms with E-state index in [-0.39, 0.29) is 36.9 Å². The standard InChI is InChI=1S/C20H34O6/c1-2-3-4-7-14(21)10-11-16-17(19(24)13-18(16)23)12-15(22)8-5-6-9-20(25)26/h10-11,14,16-19,21,23-24H,2-9,12-13H2,1H3,(H,25,26)/b11-10+/t14-,16?,17+,18+,19?/m0/s1. The Bertz CT molecular complexity index is 461. The van der Waals surface area contributed by atoms with Crippen LogP contribution in [0.15, 0.2) is 12.2 Å². The van der Waals surface area contributed by atoms with Crippen LogP contribution in [0.5, 0.6) is 0 Å². The van der Waals surface area contributed by atoms with Gasteiger partial charge in [-0.15, -0.1) is 0 Å². The Morgan fingerprint density at radius 2 is 1.77 bits per heavy atom. The van der Waals surface area contributed by atoms with E-state index in [9.17, 15) is 24.9 Å². The van der Waals surface area contributed by atoms with Crippen LogP contribution in [0, 0.1) is 11.8 Å². The average Bonchev–Trinajstić information content (AvgIpc) is 2.83. The highest BCUT2D eigenvalue weighted by Gasteiger charge is 2.41. The van der Waals surface area contributed by atoms with Gasteiger partial charge in [0.15, 0.2) is 0 Å². The number of aliphatic carboxylic acids is 1. The lowest BCUT2D eigenvalue weighted by Gasteiger charge is -2.20. The van der Waals surface area contributed by atoms with Crippen LogP contribution in [0.1, 0.15) is 71.1 Å². The highest BCUT2D eigenvalue weighted by atomic mass is 16.4. The van der Waals surface area contributed by atoms with Crippen molar-refractivity contribution in [3.63, 3.8) is 0 Å². The van der Waals surface area contributed by atoms with Gasteiger partial charge in [-0.2, -0.15) is 0 Å². The molecule has 1 fully saturated rings. The van der Waals surface area contributed by atoms with Crippen LogP contribution in [0.2, 0.25) is 0 Å². The number of carbonyl (C=O) groups is 2. The van der Waals surface area contributed by atoms with Gasteiger partial charge in [-0.25, -0.2) is 0 Å². The van der Waals surface area contributed by atoms with E-state index in [1.165, 1.54) is 0 Å². The lowest BCUT2D eigenvalue weighted by Crippen LogP contribution is -2.24. The summed E-state index contributed by atoms with van der Waals surface area (Å²) in [5.74, 6) is -1.57. The van der Waals surface area contributed by atoms with Crippen molar-refractivity contribution in [3.05, 3.63) is 12.2 Å². The van der Waals surface area contributed by atoms with Crippen molar-refractivity contribution in [1.29, 1.82) is 0 Å². The van der Waals surface area contributed by atoms with Gasteiger partial charge >= 0.3 is 5.97 Å². The first-order chi connectivity index (χ1) is 12.3. The van der Waals surface area contributed by atoms with Crippen LogP contribution in [-0.2, 0) is 9.59 Å². The molecule has 0 saturated heterocycles. The highest BCUT2D eigenvalue weighted by Crippen LogP contribution is 2.36. The molecule has 0 bridgehead atoms. The molecule has 6 nitrogen and oxygen atoms in total. The molecule has 0 heterocycles. The normalized spacial score (nSPS) is 27.1. The number of carboxylic acid groups (broad SMARTS) is 1. The summed E-state index contributed by atoms with van der Waals surface area (Å²) in [5, 5.41) is 39.0. The molecule has 0 aromatic carbocycles. The van der Waals surface area contributed by atoms with Gasteiger partial charge in [0.05, 0.1) is 18.3 Å². The van der Waals surface area contributed by atoms with Crippen molar-refractivity contribution in [1.82, 2.24) is 0 Å². The summed E-state index contributed by atoms with van der Waals surface area (Å²) in [4.78, 5) is 22.6. The first-order valence-electron chi connectivity index (χ1n) is 9.81. The lowest BCUT2D eigenvalue weighted by atomic mass is 9.87. The van der Waals surface area contributed by atoms with Crippen molar-refractivity contribution < 1.29 is 30.0 Å². The summed E-state index contributed by atoms with van der Waals surface area (Å²) in [6.45, 7) is 2.10. The van der Waals surface area contributed by atoms with Crippen molar-refractivity contribution >= 4 is 11.8 Å². The Kier molecular flexibility index (Phi) is 10.7. The maximum absolute atomic E-state index is 12.1. The van der Waals surface area contributed by atoms with Crippen LogP contribution in [0.4, 0.5) is 0 Å². The summed E-state index contributed by atoms with van der Waals surface area (Å²) in [6, 6.07) is 0. The number of aliphatic hydroxyl groups excluding tert-OH is 3. The molecule has 1 saturated carbocycles. The number of aliphatic hydroxyl groups is 3. The second-order valence-corrected chi connectivity index (χ2v) is 7.40. The highest BCUT2D eigenvalue weighted by molar-refractivity contribution is 5.78. The van der Waals surface area contributed by atoms with Gasteiger partial charge in [0, 0.05) is 37.5 Å². The van der Waals surface area contributed by atoms with Gasteiger partial charge in [-0.3, -0.25) is 9.59 Å². The van der Waals surface area contributed by atoms with Crippen LogP contribution in [0.3, 0.4) is 0 Å². The van der Waals surface area contributed by atoms with E-state index in [1.807, 2.05) is 0 Å². The van der Waals surface area contributed by atoms with E-state index < -0.39 is 24.3 Å². The predicted molar refractivity (Wildman–Crippen MR) is 98.6 cm³/mol. The van der Waals surface area contributed by atoms with E-state index in [4.69, 9.17) is 5.11 Å². The zero-order valence-corrected chi connectivity index (χ0v) is 15.7. The van der Waals surface area contributed by atoms with Gasteiger partial charge < -0.3 is 20.4 Å². The maximum atomic E-state index is 12.1. The minimum atomic E-state index is -0.866. The Morgan fingerprint density at radius 3 is 2.42 bits per heavy atom. The zero-order chi connectivity index (χ0) is 19.5. The second-order valence-electron chi connectivity index (χ2n) is 7.40. The van der Waals surface area contributed by atoms with E-state index in [0.717, 1.165) is 19.3 Å². The number of carbonyl (C=O) groups excluding carboxylic acids is 1. The van der Waals surface area contributed by atoms with Crippen molar-refractivity contribution in [2.24, 2.45) is 11.8 Å².